The topological polar surface area (TPSA) is 41.1 Å². The van der Waals surface area contributed by atoms with E-state index in [0.29, 0.717) is 6.04 Å². The first-order valence-corrected chi connectivity index (χ1v) is 7.32. The van der Waals surface area contributed by atoms with E-state index in [9.17, 15) is 0 Å². The van der Waals surface area contributed by atoms with Crippen LogP contribution in [0, 0.1) is 13.8 Å². The van der Waals surface area contributed by atoms with Crippen molar-refractivity contribution >= 4 is 11.5 Å². The van der Waals surface area contributed by atoms with Crippen LogP contribution in [0.3, 0.4) is 0 Å². The first-order chi connectivity index (χ1) is 9.95. The minimum Gasteiger partial charge on any atom is -0.328 e. The highest BCUT2D eigenvalue weighted by Crippen LogP contribution is 2.23. The summed E-state index contributed by atoms with van der Waals surface area (Å²) in [5.41, 5.74) is 4.60. The lowest BCUT2D eigenvalue weighted by Crippen LogP contribution is -2.22. The van der Waals surface area contributed by atoms with Gasteiger partial charge in [-0.2, -0.15) is 0 Å². The highest BCUT2D eigenvalue weighted by atomic mass is 15.2. The molecule has 0 fully saturated rings. The fourth-order valence-corrected chi connectivity index (χ4v) is 2.20. The summed E-state index contributed by atoms with van der Waals surface area (Å²) in [6.45, 7) is 9.21. The zero-order valence-electron chi connectivity index (χ0n) is 13.5. The fourth-order valence-electron chi connectivity index (χ4n) is 2.20. The van der Waals surface area contributed by atoms with Crippen molar-refractivity contribution in [3.05, 3.63) is 47.4 Å². The van der Waals surface area contributed by atoms with E-state index in [1.807, 2.05) is 19.4 Å². The minimum absolute atomic E-state index is 0.449. The van der Waals surface area contributed by atoms with Gasteiger partial charge < -0.3 is 10.2 Å². The van der Waals surface area contributed by atoms with Crippen LogP contribution < -0.4 is 10.2 Å². The van der Waals surface area contributed by atoms with Crippen molar-refractivity contribution in [3.63, 3.8) is 0 Å². The molecule has 1 heterocycles. The Hall–Kier alpha value is -1.94. The van der Waals surface area contributed by atoms with Gasteiger partial charge in [0.25, 0.3) is 0 Å². The van der Waals surface area contributed by atoms with Gasteiger partial charge in [-0.1, -0.05) is 19.9 Å². The normalized spacial score (nSPS) is 11.0. The van der Waals surface area contributed by atoms with Crippen molar-refractivity contribution in [2.45, 2.75) is 40.3 Å². The maximum atomic E-state index is 4.52. The van der Waals surface area contributed by atoms with Crippen LogP contribution in [0.2, 0.25) is 0 Å². The van der Waals surface area contributed by atoms with Crippen molar-refractivity contribution in [2.75, 3.05) is 11.9 Å². The molecule has 0 saturated heterocycles. The molecule has 0 amide bonds. The van der Waals surface area contributed by atoms with Gasteiger partial charge in [-0.25, -0.2) is 4.98 Å². The summed E-state index contributed by atoms with van der Waals surface area (Å²) in [6, 6.07) is 6.93. The molecule has 0 aliphatic rings. The average molecular weight is 284 g/mol. The summed E-state index contributed by atoms with van der Waals surface area (Å²) in [4.78, 5) is 11.1. The van der Waals surface area contributed by atoms with Crippen LogP contribution in [0.1, 0.15) is 30.7 Å². The maximum Gasteiger partial charge on any atom is 0.151 e. The summed E-state index contributed by atoms with van der Waals surface area (Å²) in [5.74, 6) is 0.855. The summed E-state index contributed by atoms with van der Waals surface area (Å²) >= 11 is 0. The molecule has 4 nitrogen and oxygen atoms in total. The molecule has 1 aromatic heterocycles. The number of aryl methyl sites for hydroxylation is 2. The monoisotopic (exact) mass is 284 g/mol. The highest BCUT2D eigenvalue weighted by molar-refractivity contribution is 5.60. The maximum absolute atomic E-state index is 4.52. The van der Waals surface area contributed by atoms with Gasteiger partial charge in [0, 0.05) is 25.3 Å². The Labute approximate surface area is 127 Å². The van der Waals surface area contributed by atoms with Crippen molar-refractivity contribution in [3.8, 4) is 0 Å². The molecule has 2 aromatic rings. The number of aromatic nitrogens is 2. The first kappa shape index (κ1) is 15.4. The fraction of sp³-hybridized carbons (Fsp3) is 0.412. The molecule has 1 aromatic carbocycles. The molecule has 1 N–H and O–H groups in total. The van der Waals surface area contributed by atoms with E-state index in [4.69, 9.17) is 0 Å². The Bertz CT molecular complexity index is 570. The standard InChI is InChI=1S/C17H24N4/c1-12(2)18-9-15-10-20-17(11-19-15)21(5)16-7-13(3)6-14(4)8-16/h6-8,10-12,18H,9H2,1-5H3. The summed E-state index contributed by atoms with van der Waals surface area (Å²) in [5, 5.41) is 3.34. The molecule has 112 valence electrons. The molecule has 0 spiro atoms. The van der Waals surface area contributed by atoms with Crippen molar-refractivity contribution in [1.82, 2.24) is 15.3 Å². The van der Waals surface area contributed by atoms with E-state index < -0.39 is 0 Å². The molecule has 0 unspecified atom stereocenters. The second kappa shape index (κ2) is 6.68. The van der Waals surface area contributed by atoms with Crippen LogP contribution >= 0.6 is 0 Å². The summed E-state index contributed by atoms with van der Waals surface area (Å²) in [6.07, 6.45) is 3.67. The van der Waals surface area contributed by atoms with E-state index in [0.717, 1.165) is 23.7 Å². The molecule has 2 rings (SSSR count). The van der Waals surface area contributed by atoms with Crippen LogP contribution in [-0.4, -0.2) is 23.1 Å². The SMILES string of the molecule is Cc1cc(C)cc(N(C)c2cnc(CNC(C)C)cn2)c1. The third-order valence-corrected chi connectivity index (χ3v) is 3.32. The first-order valence-electron chi connectivity index (χ1n) is 7.32. The Morgan fingerprint density at radius 3 is 2.24 bits per heavy atom. The van der Waals surface area contributed by atoms with Gasteiger partial charge in [0.2, 0.25) is 0 Å². The van der Waals surface area contributed by atoms with Crippen LogP contribution in [0.4, 0.5) is 11.5 Å². The number of nitrogens with zero attached hydrogens (tertiary/aromatic N) is 3. The van der Waals surface area contributed by atoms with Crippen molar-refractivity contribution < 1.29 is 0 Å². The van der Waals surface area contributed by atoms with Gasteiger partial charge in [-0.3, -0.25) is 4.98 Å². The molecular weight excluding hydrogens is 260 g/mol. The number of anilines is 2. The Kier molecular flexibility index (Phi) is 4.91. The minimum atomic E-state index is 0.449. The van der Waals surface area contributed by atoms with E-state index in [2.05, 4.69) is 66.1 Å². The van der Waals surface area contributed by atoms with Crippen LogP contribution in [-0.2, 0) is 6.54 Å². The Morgan fingerprint density at radius 1 is 1.05 bits per heavy atom. The number of rotatable bonds is 5. The van der Waals surface area contributed by atoms with Crippen molar-refractivity contribution in [2.24, 2.45) is 0 Å². The van der Waals surface area contributed by atoms with Gasteiger partial charge in [-0.05, 0) is 37.1 Å². The highest BCUT2D eigenvalue weighted by Gasteiger charge is 2.07. The average Bonchev–Trinajstić information content (AvgIpc) is 2.44. The van der Waals surface area contributed by atoms with E-state index in [-0.39, 0.29) is 0 Å². The quantitative estimate of drug-likeness (QED) is 0.914. The number of benzene rings is 1. The predicted octanol–water partition coefficient (Wildman–Crippen LogP) is 3.36. The third kappa shape index (κ3) is 4.26. The molecule has 0 aliphatic heterocycles. The Balaban J connectivity index is 2.14. The number of hydrogen-bond donors (Lipinski definition) is 1. The Morgan fingerprint density at radius 2 is 1.71 bits per heavy atom. The molecule has 0 bridgehead atoms. The molecule has 21 heavy (non-hydrogen) atoms. The third-order valence-electron chi connectivity index (χ3n) is 3.32. The van der Waals surface area contributed by atoms with Crippen LogP contribution in [0.25, 0.3) is 0 Å². The van der Waals surface area contributed by atoms with Gasteiger partial charge in [0.15, 0.2) is 5.82 Å². The molecule has 0 saturated carbocycles. The van der Waals surface area contributed by atoms with Gasteiger partial charge in [0.05, 0.1) is 18.1 Å². The predicted molar refractivity (Wildman–Crippen MR) is 88.0 cm³/mol. The second-order valence-corrected chi connectivity index (χ2v) is 5.81. The summed E-state index contributed by atoms with van der Waals surface area (Å²) < 4.78 is 0. The van der Waals surface area contributed by atoms with Gasteiger partial charge in [-0.15, -0.1) is 0 Å². The van der Waals surface area contributed by atoms with E-state index >= 15 is 0 Å². The van der Waals surface area contributed by atoms with Gasteiger partial charge >= 0.3 is 0 Å². The van der Waals surface area contributed by atoms with Gasteiger partial charge in [0.1, 0.15) is 0 Å². The second-order valence-electron chi connectivity index (χ2n) is 5.81. The lowest BCUT2D eigenvalue weighted by atomic mass is 10.1. The van der Waals surface area contributed by atoms with E-state index in [1.54, 1.807) is 0 Å². The molecule has 4 heteroatoms. The molecule has 0 radical (unpaired) electrons. The van der Waals surface area contributed by atoms with Crippen molar-refractivity contribution in [1.29, 1.82) is 0 Å². The van der Waals surface area contributed by atoms with E-state index in [1.165, 1.54) is 11.1 Å². The number of nitrogens with one attached hydrogen (secondary N) is 1. The molecular formula is C17H24N4. The number of hydrogen-bond acceptors (Lipinski definition) is 4. The zero-order chi connectivity index (χ0) is 15.4. The summed E-state index contributed by atoms with van der Waals surface area (Å²) in [7, 11) is 2.02. The smallest absolute Gasteiger partial charge is 0.151 e. The lowest BCUT2D eigenvalue weighted by molar-refractivity contribution is 0.580. The van der Waals surface area contributed by atoms with Crippen LogP contribution in [0.15, 0.2) is 30.6 Å². The largest absolute Gasteiger partial charge is 0.328 e. The molecule has 0 atom stereocenters. The lowest BCUT2D eigenvalue weighted by Gasteiger charge is -2.19. The molecule has 0 aliphatic carbocycles. The van der Waals surface area contributed by atoms with Crippen LogP contribution in [0.5, 0.6) is 0 Å². The zero-order valence-corrected chi connectivity index (χ0v) is 13.5.